The first-order chi connectivity index (χ1) is 10.5. The lowest BCUT2D eigenvalue weighted by atomic mass is 9.96. The minimum atomic E-state index is 0.227. The number of hydrogen-bond acceptors (Lipinski definition) is 3. The lowest BCUT2D eigenvalue weighted by molar-refractivity contribution is 0.328. The molecule has 1 atom stereocenters. The highest BCUT2D eigenvalue weighted by Crippen LogP contribution is 2.26. The second kappa shape index (κ2) is 5.99. The predicted molar refractivity (Wildman–Crippen MR) is 90.9 cm³/mol. The Kier molecular flexibility index (Phi) is 4.22. The molecule has 4 heteroatoms. The Morgan fingerprint density at radius 3 is 2.82 bits per heavy atom. The van der Waals surface area contributed by atoms with Gasteiger partial charge in [-0.25, -0.2) is 9.97 Å². The lowest BCUT2D eigenvalue weighted by Gasteiger charge is -2.21. The zero-order valence-electron chi connectivity index (χ0n) is 14.3. The number of nitrogens with zero attached hydrogens (tertiary/aromatic N) is 4. The van der Waals surface area contributed by atoms with Crippen molar-refractivity contribution in [3.63, 3.8) is 0 Å². The van der Waals surface area contributed by atoms with Gasteiger partial charge in [0, 0.05) is 25.7 Å². The fourth-order valence-electron chi connectivity index (χ4n) is 3.43. The van der Waals surface area contributed by atoms with Gasteiger partial charge in [-0.05, 0) is 43.0 Å². The molecule has 2 aromatic heterocycles. The third-order valence-corrected chi connectivity index (χ3v) is 4.50. The average molecular weight is 300 g/mol. The van der Waals surface area contributed by atoms with Gasteiger partial charge in [-0.1, -0.05) is 27.7 Å². The summed E-state index contributed by atoms with van der Waals surface area (Å²) in [5, 5.41) is 0. The standard InChI is InChI=1S/C18H28N4/c1-5-21-10-8-14(12-21)11-16-20-15-7-6-9-19-17(15)22(16)13-18(2,3)4/h6-7,9,14H,5,8,10-13H2,1-4H3. The van der Waals surface area contributed by atoms with Crippen LogP contribution in [0.4, 0.5) is 0 Å². The number of fused-ring (bicyclic) bond motifs is 1. The van der Waals surface area contributed by atoms with Crippen LogP contribution in [0.2, 0.25) is 0 Å². The summed E-state index contributed by atoms with van der Waals surface area (Å²) in [6.07, 6.45) is 4.24. The van der Waals surface area contributed by atoms with Crippen LogP contribution in [0, 0.1) is 11.3 Å². The number of aromatic nitrogens is 3. The van der Waals surface area contributed by atoms with Crippen molar-refractivity contribution < 1.29 is 0 Å². The molecular formula is C18H28N4. The van der Waals surface area contributed by atoms with E-state index < -0.39 is 0 Å². The molecule has 1 saturated heterocycles. The quantitative estimate of drug-likeness (QED) is 0.868. The Labute approximate surface area is 133 Å². The van der Waals surface area contributed by atoms with Crippen LogP contribution in [0.3, 0.4) is 0 Å². The highest BCUT2D eigenvalue weighted by molar-refractivity contribution is 5.71. The summed E-state index contributed by atoms with van der Waals surface area (Å²) in [7, 11) is 0. The van der Waals surface area contributed by atoms with Crippen LogP contribution < -0.4 is 0 Å². The van der Waals surface area contributed by atoms with Crippen molar-refractivity contribution in [3.05, 3.63) is 24.2 Å². The van der Waals surface area contributed by atoms with Crippen molar-refractivity contribution in [2.75, 3.05) is 19.6 Å². The largest absolute Gasteiger partial charge is 0.312 e. The fourth-order valence-corrected chi connectivity index (χ4v) is 3.43. The topological polar surface area (TPSA) is 34.0 Å². The van der Waals surface area contributed by atoms with E-state index in [9.17, 15) is 0 Å². The molecule has 4 nitrogen and oxygen atoms in total. The summed E-state index contributed by atoms with van der Waals surface area (Å²) in [4.78, 5) is 12.0. The summed E-state index contributed by atoms with van der Waals surface area (Å²) < 4.78 is 2.35. The Morgan fingerprint density at radius 2 is 2.14 bits per heavy atom. The molecule has 0 radical (unpaired) electrons. The molecule has 0 aromatic carbocycles. The van der Waals surface area contributed by atoms with E-state index in [1.807, 2.05) is 12.3 Å². The second-order valence-corrected chi connectivity index (χ2v) is 7.77. The van der Waals surface area contributed by atoms with Gasteiger partial charge >= 0.3 is 0 Å². The van der Waals surface area contributed by atoms with Gasteiger partial charge in [0.1, 0.15) is 11.3 Å². The number of imidazole rings is 1. The number of pyridine rings is 1. The van der Waals surface area contributed by atoms with E-state index >= 15 is 0 Å². The Morgan fingerprint density at radius 1 is 1.32 bits per heavy atom. The van der Waals surface area contributed by atoms with Crippen LogP contribution >= 0.6 is 0 Å². The van der Waals surface area contributed by atoms with Crippen LogP contribution in [0.1, 0.15) is 39.9 Å². The molecular weight excluding hydrogens is 272 g/mol. The van der Waals surface area contributed by atoms with E-state index in [-0.39, 0.29) is 5.41 Å². The molecule has 1 aliphatic rings. The zero-order valence-corrected chi connectivity index (χ0v) is 14.3. The van der Waals surface area contributed by atoms with Crippen LogP contribution in [-0.4, -0.2) is 39.1 Å². The van der Waals surface area contributed by atoms with E-state index in [1.165, 1.54) is 25.3 Å². The van der Waals surface area contributed by atoms with Gasteiger partial charge in [0.2, 0.25) is 0 Å². The zero-order chi connectivity index (χ0) is 15.7. The van der Waals surface area contributed by atoms with Gasteiger partial charge < -0.3 is 9.47 Å². The maximum absolute atomic E-state index is 4.89. The second-order valence-electron chi connectivity index (χ2n) is 7.77. The molecule has 0 spiro atoms. The molecule has 0 bridgehead atoms. The van der Waals surface area contributed by atoms with Gasteiger partial charge in [0.05, 0.1) is 0 Å². The van der Waals surface area contributed by atoms with Gasteiger partial charge in [0.15, 0.2) is 5.65 Å². The maximum atomic E-state index is 4.89. The van der Waals surface area contributed by atoms with Crippen LogP contribution in [0.15, 0.2) is 18.3 Å². The average Bonchev–Trinajstić information content (AvgIpc) is 3.04. The van der Waals surface area contributed by atoms with Gasteiger partial charge in [-0.15, -0.1) is 0 Å². The lowest BCUT2D eigenvalue weighted by Crippen LogP contribution is -2.22. The predicted octanol–water partition coefficient (Wildman–Crippen LogP) is 3.36. The Balaban J connectivity index is 1.89. The first-order valence-corrected chi connectivity index (χ1v) is 8.49. The Bertz CT molecular complexity index is 638. The molecule has 3 rings (SSSR count). The van der Waals surface area contributed by atoms with Crippen LogP contribution in [-0.2, 0) is 13.0 Å². The van der Waals surface area contributed by atoms with Crippen molar-refractivity contribution in [1.82, 2.24) is 19.4 Å². The third kappa shape index (κ3) is 3.32. The normalized spacial score (nSPS) is 20.1. The van der Waals surface area contributed by atoms with E-state index in [2.05, 4.69) is 48.2 Å². The summed E-state index contributed by atoms with van der Waals surface area (Å²) in [6, 6.07) is 4.06. The molecule has 0 amide bonds. The highest BCUT2D eigenvalue weighted by Gasteiger charge is 2.25. The summed E-state index contributed by atoms with van der Waals surface area (Å²) >= 11 is 0. The summed E-state index contributed by atoms with van der Waals surface area (Å²) in [6.45, 7) is 13.7. The number of rotatable bonds is 4. The fraction of sp³-hybridized carbons (Fsp3) is 0.667. The first-order valence-electron chi connectivity index (χ1n) is 8.49. The molecule has 1 fully saturated rings. The SMILES string of the molecule is CCN1CCC(Cc2nc3cccnc3n2CC(C)(C)C)C1. The summed E-state index contributed by atoms with van der Waals surface area (Å²) in [5.74, 6) is 1.95. The molecule has 1 unspecified atom stereocenters. The molecule has 22 heavy (non-hydrogen) atoms. The van der Waals surface area contributed by atoms with Crippen molar-refractivity contribution >= 4 is 11.2 Å². The maximum Gasteiger partial charge on any atom is 0.160 e. The third-order valence-electron chi connectivity index (χ3n) is 4.50. The Hall–Kier alpha value is -1.42. The molecule has 3 heterocycles. The molecule has 120 valence electrons. The van der Waals surface area contributed by atoms with Crippen molar-refractivity contribution in [1.29, 1.82) is 0 Å². The van der Waals surface area contributed by atoms with Crippen LogP contribution in [0.25, 0.3) is 11.2 Å². The minimum Gasteiger partial charge on any atom is -0.312 e. The smallest absolute Gasteiger partial charge is 0.160 e. The van der Waals surface area contributed by atoms with Crippen molar-refractivity contribution in [2.24, 2.45) is 11.3 Å². The van der Waals surface area contributed by atoms with Gasteiger partial charge in [0.25, 0.3) is 0 Å². The highest BCUT2D eigenvalue weighted by atomic mass is 15.2. The molecule has 1 aliphatic heterocycles. The van der Waals surface area contributed by atoms with E-state index in [1.54, 1.807) is 0 Å². The molecule has 0 aliphatic carbocycles. The number of likely N-dealkylation sites (tertiary alicyclic amines) is 1. The van der Waals surface area contributed by atoms with Crippen molar-refractivity contribution in [3.8, 4) is 0 Å². The first kappa shape index (κ1) is 15.5. The number of hydrogen-bond donors (Lipinski definition) is 0. The molecule has 0 saturated carbocycles. The molecule has 0 N–H and O–H groups in total. The van der Waals surface area contributed by atoms with Crippen LogP contribution in [0.5, 0.6) is 0 Å². The van der Waals surface area contributed by atoms with E-state index in [0.29, 0.717) is 0 Å². The van der Waals surface area contributed by atoms with Gasteiger partial charge in [-0.3, -0.25) is 0 Å². The summed E-state index contributed by atoms with van der Waals surface area (Å²) in [5.41, 5.74) is 2.30. The van der Waals surface area contributed by atoms with E-state index in [4.69, 9.17) is 4.98 Å². The minimum absolute atomic E-state index is 0.227. The molecule has 2 aromatic rings. The van der Waals surface area contributed by atoms with Crippen molar-refractivity contribution in [2.45, 2.75) is 47.1 Å². The monoisotopic (exact) mass is 300 g/mol. The van der Waals surface area contributed by atoms with Gasteiger partial charge in [-0.2, -0.15) is 0 Å². The van der Waals surface area contributed by atoms with E-state index in [0.717, 1.165) is 36.6 Å².